The number of amides is 1. The molecular formula is C17H26N2O6S. The average molecular weight is 386 g/mol. The Bertz CT molecular complexity index is 725. The summed E-state index contributed by atoms with van der Waals surface area (Å²) in [6, 6.07) is 7.54. The van der Waals surface area contributed by atoms with Crippen molar-refractivity contribution in [2.45, 2.75) is 45.9 Å². The fourth-order valence-electron chi connectivity index (χ4n) is 1.88. The molecule has 0 radical (unpaired) electrons. The highest BCUT2D eigenvalue weighted by Gasteiger charge is 2.40. The van der Waals surface area contributed by atoms with Gasteiger partial charge < -0.3 is 9.47 Å². The van der Waals surface area contributed by atoms with Gasteiger partial charge in [0.15, 0.2) is 0 Å². The van der Waals surface area contributed by atoms with Gasteiger partial charge in [0.05, 0.1) is 0 Å². The van der Waals surface area contributed by atoms with Crippen molar-refractivity contribution >= 4 is 22.3 Å². The number of hydrogen-bond donors (Lipinski definition) is 0. The predicted octanol–water partition coefficient (Wildman–Crippen LogP) is 2.16. The third kappa shape index (κ3) is 5.99. The topological polar surface area (TPSA) is 93.2 Å². The lowest BCUT2D eigenvalue weighted by Crippen LogP contribution is -2.53. The lowest BCUT2D eigenvalue weighted by Gasteiger charge is -2.31. The van der Waals surface area contributed by atoms with Crippen LogP contribution in [0, 0.1) is 0 Å². The van der Waals surface area contributed by atoms with Gasteiger partial charge in [-0.05, 0) is 33.3 Å². The van der Waals surface area contributed by atoms with Crippen LogP contribution in [0.4, 0.5) is 4.79 Å². The monoisotopic (exact) mass is 386 g/mol. The molecule has 0 saturated heterocycles. The van der Waals surface area contributed by atoms with Crippen LogP contribution in [0.15, 0.2) is 30.3 Å². The largest absolute Gasteiger partial charge is 0.459 e. The molecule has 1 amide bonds. The minimum absolute atomic E-state index is 0.0335. The summed E-state index contributed by atoms with van der Waals surface area (Å²) in [7, 11) is -1.73. The minimum Gasteiger partial charge on any atom is -0.459 e. The molecule has 0 aliphatic rings. The number of hydrogen-bond acceptors (Lipinski definition) is 6. The second-order valence-corrected chi connectivity index (χ2v) is 8.85. The first-order valence-electron chi connectivity index (χ1n) is 8.01. The van der Waals surface area contributed by atoms with E-state index < -0.39 is 33.9 Å². The molecule has 0 fully saturated rings. The molecule has 0 aromatic heterocycles. The summed E-state index contributed by atoms with van der Waals surface area (Å²) in [5, 5.41) is 0. The van der Waals surface area contributed by atoms with Crippen molar-refractivity contribution in [2.75, 3.05) is 14.1 Å². The zero-order valence-electron chi connectivity index (χ0n) is 15.9. The lowest BCUT2D eigenvalue weighted by atomic mass is 10.2. The molecule has 0 aliphatic heterocycles. The van der Waals surface area contributed by atoms with Crippen molar-refractivity contribution in [1.82, 2.24) is 8.61 Å². The highest BCUT2D eigenvalue weighted by atomic mass is 32.2. The van der Waals surface area contributed by atoms with Gasteiger partial charge in [-0.3, -0.25) is 0 Å². The van der Waals surface area contributed by atoms with E-state index in [1.54, 1.807) is 45.0 Å². The highest BCUT2D eigenvalue weighted by molar-refractivity contribution is 7.87. The van der Waals surface area contributed by atoms with E-state index >= 15 is 0 Å². The maximum atomic E-state index is 12.5. The van der Waals surface area contributed by atoms with Crippen molar-refractivity contribution in [1.29, 1.82) is 0 Å². The fourth-order valence-corrected chi connectivity index (χ4v) is 2.94. The van der Waals surface area contributed by atoms with Crippen molar-refractivity contribution in [3.8, 4) is 0 Å². The summed E-state index contributed by atoms with van der Waals surface area (Å²) < 4.78 is 36.6. The van der Waals surface area contributed by atoms with Crippen LogP contribution in [0.2, 0.25) is 0 Å². The molecule has 0 unspecified atom stereocenters. The van der Waals surface area contributed by atoms with Crippen LogP contribution < -0.4 is 0 Å². The number of benzene rings is 1. The second-order valence-electron chi connectivity index (χ2n) is 6.84. The quantitative estimate of drug-likeness (QED) is 0.696. The number of rotatable bonds is 6. The Morgan fingerprint density at radius 3 is 2.12 bits per heavy atom. The zero-order valence-corrected chi connectivity index (χ0v) is 16.7. The van der Waals surface area contributed by atoms with Crippen LogP contribution in [0.3, 0.4) is 0 Å². The molecule has 1 atom stereocenters. The SMILES string of the molecule is C[C@H](C(=O)OCc1ccccc1)N(C(=O)OC(C)(C)C)S(=O)(=O)N(C)C. The third-order valence-corrected chi connectivity index (χ3v) is 5.09. The molecule has 9 heteroatoms. The zero-order chi connectivity index (χ0) is 20.1. The molecule has 1 aromatic carbocycles. The first-order chi connectivity index (χ1) is 11.9. The number of carbonyl (C=O) groups is 2. The van der Waals surface area contributed by atoms with Gasteiger partial charge in [-0.1, -0.05) is 30.3 Å². The molecule has 146 valence electrons. The van der Waals surface area contributed by atoms with Crippen LogP contribution in [-0.4, -0.2) is 54.8 Å². The number of esters is 1. The van der Waals surface area contributed by atoms with Crippen LogP contribution in [0.5, 0.6) is 0 Å². The van der Waals surface area contributed by atoms with Gasteiger partial charge >= 0.3 is 22.3 Å². The Morgan fingerprint density at radius 2 is 1.65 bits per heavy atom. The van der Waals surface area contributed by atoms with Gasteiger partial charge in [0.1, 0.15) is 18.2 Å². The summed E-state index contributed by atoms with van der Waals surface area (Å²) in [5.74, 6) is -0.856. The maximum absolute atomic E-state index is 12.5. The van der Waals surface area contributed by atoms with E-state index in [1.807, 2.05) is 6.07 Å². The predicted molar refractivity (Wildman–Crippen MR) is 96.4 cm³/mol. The van der Waals surface area contributed by atoms with Crippen molar-refractivity contribution < 1.29 is 27.5 Å². The second kappa shape index (κ2) is 8.50. The van der Waals surface area contributed by atoms with E-state index in [1.165, 1.54) is 21.0 Å². The molecule has 0 aliphatic carbocycles. The van der Waals surface area contributed by atoms with E-state index in [4.69, 9.17) is 9.47 Å². The lowest BCUT2D eigenvalue weighted by molar-refractivity contribution is -0.149. The third-order valence-electron chi connectivity index (χ3n) is 3.20. The van der Waals surface area contributed by atoms with Gasteiger partial charge in [0, 0.05) is 14.1 Å². The first kappa shape index (κ1) is 21.9. The first-order valence-corrected chi connectivity index (χ1v) is 9.41. The fraction of sp³-hybridized carbons (Fsp3) is 0.529. The van der Waals surface area contributed by atoms with Crippen LogP contribution in [-0.2, 0) is 31.1 Å². The van der Waals surface area contributed by atoms with Crippen molar-refractivity contribution in [3.63, 3.8) is 0 Å². The summed E-state index contributed by atoms with van der Waals surface area (Å²) in [5.41, 5.74) is -0.183. The van der Waals surface area contributed by atoms with Gasteiger partial charge in [0.2, 0.25) is 0 Å². The number of ether oxygens (including phenoxy) is 2. The molecule has 0 N–H and O–H groups in total. The van der Waals surface area contributed by atoms with Crippen LogP contribution in [0.1, 0.15) is 33.3 Å². The van der Waals surface area contributed by atoms with Crippen molar-refractivity contribution in [3.05, 3.63) is 35.9 Å². The molecule has 0 saturated carbocycles. The van der Waals surface area contributed by atoms with Crippen LogP contribution >= 0.6 is 0 Å². The minimum atomic E-state index is -4.25. The Kier molecular flexibility index (Phi) is 7.16. The Morgan fingerprint density at radius 1 is 1.12 bits per heavy atom. The molecule has 26 heavy (non-hydrogen) atoms. The maximum Gasteiger partial charge on any atom is 0.425 e. The average Bonchev–Trinajstić information content (AvgIpc) is 2.51. The molecule has 8 nitrogen and oxygen atoms in total. The smallest absolute Gasteiger partial charge is 0.425 e. The van der Waals surface area contributed by atoms with Gasteiger partial charge in [-0.15, -0.1) is 0 Å². The molecule has 0 spiro atoms. The molecule has 0 bridgehead atoms. The van der Waals surface area contributed by atoms with E-state index in [-0.39, 0.29) is 6.61 Å². The summed E-state index contributed by atoms with van der Waals surface area (Å²) in [4.78, 5) is 24.8. The number of nitrogens with zero attached hydrogens (tertiary/aromatic N) is 2. The van der Waals surface area contributed by atoms with Gasteiger partial charge in [-0.2, -0.15) is 17.0 Å². The van der Waals surface area contributed by atoms with Crippen molar-refractivity contribution in [2.24, 2.45) is 0 Å². The molecule has 1 rings (SSSR count). The molecule has 0 heterocycles. The molecular weight excluding hydrogens is 360 g/mol. The highest BCUT2D eigenvalue weighted by Crippen LogP contribution is 2.18. The Hall–Kier alpha value is -2.13. The summed E-state index contributed by atoms with van der Waals surface area (Å²) >= 11 is 0. The summed E-state index contributed by atoms with van der Waals surface area (Å²) in [6.07, 6.45) is -1.14. The van der Waals surface area contributed by atoms with E-state index in [0.717, 1.165) is 9.87 Å². The van der Waals surface area contributed by atoms with Gasteiger partial charge in [-0.25, -0.2) is 9.59 Å². The normalized spacial score (nSPS) is 13.2. The Labute approximate surface area is 154 Å². The Balaban J connectivity index is 3.01. The van der Waals surface area contributed by atoms with E-state index in [2.05, 4.69) is 0 Å². The standard InChI is InChI=1S/C17H26N2O6S/c1-13(15(20)24-12-14-10-8-7-9-11-14)19(26(22,23)18(5)6)16(21)25-17(2,3)4/h7-11,13H,12H2,1-6H3/t13-/m1/s1. The molecule has 1 aromatic rings. The number of carbonyl (C=O) groups excluding carboxylic acids is 2. The van der Waals surface area contributed by atoms with Gasteiger partial charge in [0.25, 0.3) is 0 Å². The van der Waals surface area contributed by atoms with Crippen LogP contribution in [0.25, 0.3) is 0 Å². The van der Waals surface area contributed by atoms with E-state index in [0.29, 0.717) is 4.31 Å². The summed E-state index contributed by atoms with van der Waals surface area (Å²) in [6.45, 7) is 6.05. The van der Waals surface area contributed by atoms with E-state index in [9.17, 15) is 18.0 Å².